The summed E-state index contributed by atoms with van der Waals surface area (Å²) < 4.78 is 40.5. The number of carbonyl (C=O) groups is 1. The first kappa shape index (κ1) is 20.3. The van der Waals surface area contributed by atoms with Gasteiger partial charge in [0.2, 0.25) is 10.0 Å². The van der Waals surface area contributed by atoms with Crippen LogP contribution in [-0.2, 0) is 16.6 Å². The predicted molar refractivity (Wildman–Crippen MR) is 106 cm³/mol. The molecular weight excluding hydrogens is 381 g/mol. The Kier molecular flexibility index (Phi) is 6.31. The van der Waals surface area contributed by atoms with Crippen LogP contribution in [0.25, 0.3) is 0 Å². The van der Waals surface area contributed by atoms with Gasteiger partial charge in [-0.25, -0.2) is 17.6 Å². The Morgan fingerprint density at radius 2 is 1.71 bits per heavy atom. The summed E-state index contributed by atoms with van der Waals surface area (Å²) in [6, 6.07) is 11.9. The summed E-state index contributed by atoms with van der Waals surface area (Å²) in [5.74, 6) is -0.340. The van der Waals surface area contributed by atoms with Gasteiger partial charge in [-0.2, -0.15) is 4.31 Å². The molecule has 3 rings (SSSR count). The molecule has 1 fully saturated rings. The number of halogens is 1. The summed E-state index contributed by atoms with van der Waals surface area (Å²) >= 11 is 0. The lowest BCUT2D eigenvalue weighted by molar-refractivity contribution is 0.220. The van der Waals surface area contributed by atoms with E-state index >= 15 is 0 Å². The summed E-state index contributed by atoms with van der Waals surface area (Å²) in [6.45, 7) is 1.26. The van der Waals surface area contributed by atoms with E-state index < -0.39 is 16.1 Å². The molecule has 1 saturated heterocycles. The Hall–Kier alpha value is -2.45. The number of hydrogen-bond donors (Lipinski definition) is 1. The maximum atomic E-state index is 13.0. The van der Waals surface area contributed by atoms with Gasteiger partial charge in [0.25, 0.3) is 0 Å². The Bertz CT molecular complexity index is 926. The smallest absolute Gasteiger partial charge is 0.321 e. The van der Waals surface area contributed by atoms with E-state index in [4.69, 9.17) is 0 Å². The zero-order valence-corrected chi connectivity index (χ0v) is 16.6. The van der Waals surface area contributed by atoms with Crippen molar-refractivity contribution in [2.75, 3.05) is 25.5 Å². The van der Waals surface area contributed by atoms with Crippen LogP contribution in [0.4, 0.5) is 14.9 Å². The molecular formula is C20H24FN3O3S. The van der Waals surface area contributed by atoms with E-state index in [-0.39, 0.29) is 22.9 Å². The van der Waals surface area contributed by atoms with Gasteiger partial charge in [0.1, 0.15) is 10.7 Å². The van der Waals surface area contributed by atoms with Gasteiger partial charge in [0.15, 0.2) is 0 Å². The van der Waals surface area contributed by atoms with E-state index in [9.17, 15) is 17.6 Å². The van der Waals surface area contributed by atoms with Crippen molar-refractivity contribution in [2.24, 2.45) is 0 Å². The topological polar surface area (TPSA) is 69.7 Å². The van der Waals surface area contributed by atoms with Gasteiger partial charge in [-0.05, 0) is 42.7 Å². The Morgan fingerprint density at radius 1 is 1.07 bits per heavy atom. The van der Waals surface area contributed by atoms with Gasteiger partial charge < -0.3 is 10.2 Å². The van der Waals surface area contributed by atoms with Crippen molar-refractivity contribution in [1.29, 1.82) is 0 Å². The molecule has 2 aromatic rings. The summed E-state index contributed by atoms with van der Waals surface area (Å²) in [5.41, 5.74) is 1.03. The lowest BCUT2D eigenvalue weighted by atomic mass is 10.2. The van der Waals surface area contributed by atoms with Gasteiger partial charge in [-0.15, -0.1) is 0 Å². The van der Waals surface area contributed by atoms with Gasteiger partial charge in [0, 0.05) is 26.7 Å². The molecule has 0 atom stereocenters. The second-order valence-corrected chi connectivity index (χ2v) is 8.78. The maximum Gasteiger partial charge on any atom is 0.321 e. The number of sulfonamides is 1. The standard InChI is InChI=1S/C20H24FN3O3S/c1-23(15-16-9-11-17(21)12-10-16)20(25)22-18-7-3-4-8-19(18)28(26,27)24-13-5-2-6-14-24/h3-4,7-12H,2,5-6,13-15H2,1H3,(H,22,25). The molecule has 1 N–H and O–H groups in total. The summed E-state index contributed by atoms with van der Waals surface area (Å²) in [5, 5.41) is 2.69. The zero-order valence-electron chi connectivity index (χ0n) is 15.8. The van der Waals surface area contributed by atoms with Crippen LogP contribution in [0.5, 0.6) is 0 Å². The van der Waals surface area contributed by atoms with E-state index in [2.05, 4.69) is 5.32 Å². The zero-order chi connectivity index (χ0) is 20.1. The van der Waals surface area contributed by atoms with Crippen molar-refractivity contribution in [3.05, 3.63) is 59.9 Å². The molecule has 0 aromatic heterocycles. The van der Waals surface area contributed by atoms with Crippen LogP contribution in [0, 0.1) is 5.82 Å². The highest BCUT2D eigenvalue weighted by Gasteiger charge is 2.28. The van der Waals surface area contributed by atoms with Crippen LogP contribution in [0.3, 0.4) is 0 Å². The fourth-order valence-corrected chi connectivity index (χ4v) is 4.85. The third-order valence-corrected chi connectivity index (χ3v) is 6.70. The van der Waals surface area contributed by atoms with E-state index in [0.717, 1.165) is 24.8 Å². The Morgan fingerprint density at radius 3 is 2.39 bits per heavy atom. The number of amides is 2. The van der Waals surface area contributed by atoms with Gasteiger partial charge in [0.05, 0.1) is 5.69 Å². The molecule has 0 radical (unpaired) electrons. The minimum Gasteiger partial charge on any atom is -0.323 e. The fourth-order valence-electron chi connectivity index (χ4n) is 3.19. The van der Waals surface area contributed by atoms with Crippen molar-refractivity contribution in [3.8, 4) is 0 Å². The van der Waals surface area contributed by atoms with Crippen LogP contribution in [0.2, 0.25) is 0 Å². The average Bonchev–Trinajstić information content (AvgIpc) is 2.70. The summed E-state index contributed by atoms with van der Waals surface area (Å²) in [7, 11) is -2.07. The van der Waals surface area contributed by atoms with Crippen molar-refractivity contribution >= 4 is 21.7 Å². The van der Waals surface area contributed by atoms with Crippen LogP contribution < -0.4 is 5.32 Å². The molecule has 0 spiro atoms. The summed E-state index contributed by atoms with van der Waals surface area (Å²) in [6.07, 6.45) is 2.71. The minimum atomic E-state index is -3.67. The molecule has 150 valence electrons. The van der Waals surface area contributed by atoms with Crippen molar-refractivity contribution in [1.82, 2.24) is 9.21 Å². The van der Waals surface area contributed by atoms with E-state index in [1.54, 1.807) is 37.4 Å². The normalized spacial score (nSPS) is 15.2. The lowest BCUT2D eigenvalue weighted by Gasteiger charge is -2.27. The molecule has 6 nitrogen and oxygen atoms in total. The summed E-state index contributed by atoms with van der Waals surface area (Å²) in [4.78, 5) is 14.1. The number of benzene rings is 2. The number of nitrogens with zero attached hydrogens (tertiary/aromatic N) is 2. The monoisotopic (exact) mass is 405 g/mol. The third-order valence-electron chi connectivity index (χ3n) is 4.74. The molecule has 0 saturated carbocycles. The molecule has 0 bridgehead atoms. The number of nitrogens with one attached hydrogen (secondary N) is 1. The number of para-hydroxylation sites is 1. The molecule has 0 aliphatic carbocycles. The SMILES string of the molecule is CN(Cc1ccc(F)cc1)C(=O)Nc1ccccc1S(=O)(=O)N1CCCCC1. The molecule has 8 heteroatoms. The first-order valence-corrected chi connectivity index (χ1v) is 10.7. The number of rotatable bonds is 5. The van der Waals surface area contributed by atoms with Gasteiger partial charge in [-0.3, -0.25) is 0 Å². The largest absolute Gasteiger partial charge is 0.323 e. The highest BCUT2D eigenvalue weighted by atomic mass is 32.2. The fraction of sp³-hybridized carbons (Fsp3) is 0.350. The van der Waals surface area contributed by atoms with E-state index in [0.29, 0.717) is 13.1 Å². The third kappa shape index (κ3) is 4.69. The quantitative estimate of drug-likeness (QED) is 0.825. The Balaban J connectivity index is 1.75. The van der Waals surface area contributed by atoms with Crippen molar-refractivity contribution < 1.29 is 17.6 Å². The van der Waals surface area contributed by atoms with Crippen LogP contribution in [0.15, 0.2) is 53.4 Å². The molecule has 1 aliphatic rings. The van der Waals surface area contributed by atoms with Crippen molar-refractivity contribution in [2.45, 2.75) is 30.7 Å². The van der Waals surface area contributed by atoms with Crippen LogP contribution in [-0.4, -0.2) is 43.8 Å². The van der Waals surface area contributed by atoms with Gasteiger partial charge in [-0.1, -0.05) is 30.7 Å². The molecule has 2 amide bonds. The number of anilines is 1. The number of piperidine rings is 1. The van der Waals surface area contributed by atoms with Crippen LogP contribution >= 0.6 is 0 Å². The number of hydrogen-bond acceptors (Lipinski definition) is 3. The van der Waals surface area contributed by atoms with E-state index in [1.807, 2.05) is 0 Å². The minimum absolute atomic E-state index is 0.0976. The molecule has 0 unspecified atom stereocenters. The first-order valence-electron chi connectivity index (χ1n) is 9.23. The molecule has 1 aliphatic heterocycles. The first-order chi connectivity index (χ1) is 13.4. The highest BCUT2D eigenvalue weighted by molar-refractivity contribution is 7.89. The van der Waals surface area contributed by atoms with Gasteiger partial charge >= 0.3 is 6.03 Å². The number of carbonyl (C=O) groups excluding carboxylic acids is 1. The lowest BCUT2D eigenvalue weighted by Crippen LogP contribution is -2.36. The average molecular weight is 405 g/mol. The predicted octanol–water partition coefficient (Wildman–Crippen LogP) is 3.66. The maximum absolute atomic E-state index is 13.0. The number of urea groups is 1. The highest BCUT2D eigenvalue weighted by Crippen LogP contribution is 2.27. The van der Waals surface area contributed by atoms with E-state index in [1.165, 1.54) is 27.4 Å². The molecule has 1 heterocycles. The second-order valence-electron chi connectivity index (χ2n) is 6.87. The molecule has 2 aromatic carbocycles. The Labute approximate surface area is 165 Å². The second kappa shape index (κ2) is 8.70. The van der Waals surface area contributed by atoms with Crippen molar-refractivity contribution in [3.63, 3.8) is 0 Å². The molecule has 28 heavy (non-hydrogen) atoms. The van der Waals surface area contributed by atoms with Crippen LogP contribution in [0.1, 0.15) is 24.8 Å².